The number of benzene rings is 2. The first-order valence-electron chi connectivity index (χ1n) is 9.45. The Morgan fingerprint density at radius 3 is 2.32 bits per heavy atom. The van der Waals surface area contributed by atoms with Gasteiger partial charge < -0.3 is 19.6 Å². The Morgan fingerprint density at radius 2 is 1.68 bits per heavy atom. The van der Waals surface area contributed by atoms with E-state index in [9.17, 15) is 9.59 Å². The highest BCUT2D eigenvalue weighted by Crippen LogP contribution is 2.23. The normalized spacial score (nSPS) is 14.1. The molecule has 28 heavy (non-hydrogen) atoms. The number of ether oxygens (including phenoxy) is 1. The van der Waals surface area contributed by atoms with Crippen LogP contribution in [0, 0.1) is 13.8 Å². The molecule has 1 saturated heterocycles. The summed E-state index contributed by atoms with van der Waals surface area (Å²) in [6, 6.07) is 12.8. The number of carbonyl (C=O) groups excluding carboxylic acids is 2. The molecule has 2 aromatic rings. The first-order chi connectivity index (χ1) is 13.5. The Kier molecular flexibility index (Phi) is 6.31. The molecule has 2 aromatic carbocycles. The number of nitrogens with zero attached hydrogens (tertiary/aromatic N) is 2. The summed E-state index contributed by atoms with van der Waals surface area (Å²) in [4.78, 5) is 28.5. The molecular formula is C22H26N2O4. The van der Waals surface area contributed by atoms with Crippen LogP contribution >= 0.6 is 0 Å². The van der Waals surface area contributed by atoms with Crippen LogP contribution < -0.4 is 4.90 Å². The fourth-order valence-corrected chi connectivity index (χ4v) is 3.32. The zero-order valence-electron chi connectivity index (χ0n) is 16.4. The fraction of sp³-hybridized carbons (Fsp3) is 0.364. The average molecular weight is 382 g/mol. The molecule has 1 heterocycles. The third-order valence-corrected chi connectivity index (χ3v) is 5.25. The van der Waals surface area contributed by atoms with Gasteiger partial charge in [-0.2, -0.15) is 0 Å². The first-order valence-corrected chi connectivity index (χ1v) is 9.45. The highest BCUT2D eigenvalue weighted by atomic mass is 16.5. The number of rotatable bonds is 5. The number of carbonyl (C=O) groups is 2. The second-order valence-electron chi connectivity index (χ2n) is 7.02. The van der Waals surface area contributed by atoms with Crippen molar-refractivity contribution in [1.82, 2.24) is 4.90 Å². The quantitative estimate of drug-likeness (QED) is 0.804. The predicted octanol–water partition coefficient (Wildman–Crippen LogP) is 2.30. The summed E-state index contributed by atoms with van der Waals surface area (Å²) >= 11 is 0. The Balaban J connectivity index is 1.49. The van der Waals surface area contributed by atoms with Gasteiger partial charge in [-0.15, -0.1) is 0 Å². The number of anilines is 1. The number of hydrogen-bond acceptors (Lipinski definition) is 5. The number of piperazine rings is 1. The third kappa shape index (κ3) is 4.51. The van der Waals surface area contributed by atoms with Gasteiger partial charge in [-0.1, -0.05) is 24.3 Å². The Labute approximate surface area is 165 Å². The van der Waals surface area contributed by atoms with E-state index in [2.05, 4.69) is 36.9 Å². The third-order valence-electron chi connectivity index (χ3n) is 5.25. The van der Waals surface area contributed by atoms with Crippen molar-refractivity contribution >= 4 is 17.6 Å². The monoisotopic (exact) mass is 382 g/mol. The molecule has 3 rings (SSSR count). The van der Waals surface area contributed by atoms with Crippen LogP contribution in [0.3, 0.4) is 0 Å². The van der Waals surface area contributed by atoms with Gasteiger partial charge in [-0.25, -0.2) is 4.79 Å². The number of aliphatic hydroxyl groups is 1. The van der Waals surface area contributed by atoms with E-state index in [1.54, 1.807) is 29.2 Å². The second kappa shape index (κ2) is 8.89. The molecule has 0 aliphatic carbocycles. The minimum atomic E-state index is -0.535. The van der Waals surface area contributed by atoms with E-state index in [1.165, 1.54) is 16.8 Å². The molecule has 1 N–H and O–H groups in total. The van der Waals surface area contributed by atoms with E-state index in [0.29, 0.717) is 24.2 Å². The molecule has 1 amide bonds. The lowest BCUT2D eigenvalue weighted by molar-refractivity contribution is -0.134. The topological polar surface area (TPSA) is 70.1 Å². The van der Waals surface area contributed by atoms with Gasteiger partial charge in [0.05, 0.1) is 12.2 Å². The number of aryl methyl sites for hydroxylation is 1. The Morgan fingerprint density at radius 1 is 1.00 bits per heavy atom. The maximum atomic E-state index is 12.4. The van der Waals surface area contributed by atoms with Crippen molar-refractivity contribution in [1.29, 1.82) is 0 Å². The highest BCUT2D eigenvalue weighted by Gasteiger charge is 2.23. The van der Waals surface area contributed by atoms with Crippen LogP contribution in [-0.2, 0) is 16.1 Å². The van der Waals surface area contributed by atoms with Crippen molar-refractivity contribution in [2.45, 2.75) is 20.5 Å². The molecule has 6 heteroatoms. The minimum absolute atomic E-state index is 0.0815. The van der Waals surface area contributed by atoms with Crippen LogP contribution in [0.1, 0.15) is 27.0 Å². The van der Waals surface area contributed by atoms with Crippen LogP contribution in [0.2, 0.25) is 0 Å². The van der Waals surface area contributed by atoms with E-state index < -0.39 is 5.97 Å². The lowest BCUT2D eigenvalue weighted by atomic mass is 10.1. The molecule has 0 saturated carbocycles. The van der Waals surface area contributed by atoms with Gasteiger partial charge in [0.2, 0.25) is 0 Å². The number of esters is 1. The summed E-state index contributed by atoms with van der Waals surface area (Å²) in [5, 5.41) is 9.04. The average Bonchev–Trinajstić information content (AvgIpc) is 2.74. The fourth-order valence-electron chi connectivity index (χ4n) is 3.32. The van der Waals surface area contributed by atoms with Crippen LogP contribution in [0.5, 0.6) is 0 Å². The van der Waals surface area contributed by atoms with Crippen LogP contribution in [0.4, 0.5) is 5.69 Å². The molecule has 0 bridgehead atoms. The molecular weight excluding hydrogens is 356 g/mol. The van der Waals surface area contributed by atoms with Gasteiger partial charge in [-0.05, 0) is 48.7 Å². The molecule has 1 fully saturated rings. The maximum Gasteiger partial charge on any atom is 0.338 e. The van der Waals surface area contributed by atoms with Crippen molar-refractivity contribution in [2.24, 2.45) is 0 Å². The molecule has 6 nitrogen and oxygen atoms in total. The van der Waals surface area contributed by atoms with E-state index in [-0.39, 0.29) is 19.1 Å². The molecule has 0 aromatic heterocycles. The van der Waals surface area contributed by atoms with Gasteiger partial charge in [-0.3, -0.25) is 4.79 Å². The summed E-state index contributed by atoms with van der Waals surface area (Å²) in [7, 11) is 0. The van der Waals surface area contributed by atoms with E-state index in [4.69, 9.17) is 9.84 Å². The van der Waals surface area contributed by atoms with Crippen LogP contribution in [0.15, 0.2) is 42.5 Å². The molecule has 0 radical (unpaired) electrons. The van der Waals surface area contributed by atoms with Crippen molar-refractivity contribution in [2.75, 3.05) is 37.7 Å². The predicted molar refractivity (Wildman–Crippen MR) is 107 cm³/mol. The van der Waals surface area contributed by atoms with Gasteiger partial charge in [0, 0.05) is 31.9 Å². The lowest BCUT2D eigenvalue weighted by Crippen LogP contribution is -2.50. The summed E-state index contributed by atoms with van der Waals surface area (Å²) in [5.74, 6) is -0.715. The standard InChI is InChI=1S/C22H26N2O4/c1-16-4-3-5-20(17(16)2)23-10-12-24(13-11-23)21(26)15-28-22(27)19-8-6-18(14-25)7-9-19/h3-9,25H,10-15H2,1-2H3. The van der Waals surface area contributed by atoms with Gasteiger partial charge >= 0.3 is 5.97 Å². The molecule has 148 valence electrons. The number of amides is 1. The minimum Gasteiger partial charge on any atom is -0.452 e. The van der Waals surface area contributed by atoms with Crippen molar-refractivity contribution in [3.63, 3.8) is 0 Å². The smallest absolute Gasteiger partial charge is 0.338 e. The van der Waals surface area contributed by atoms with Gasteiger partial charge in [0.25, 0.3) is 5.91 Å². The first kappa shape index (κ1) is 19.9. The Bertz CT molecular complexity index is 840. The molecule has 0 unspecified atom stereocenters. The lowest BCUT2D eigenvalue weighted by Gasteiger charge is -2.37. The maximum absolute atomic E-state index is 12.4. The van der Waals surface area contributed by atoms with E-state index >= 15 is 0 Å². The summed E-state index contributed by atoms with van der Waals surface area (Å²) < 4.78 is 5.16. The molecule has 0 spiro atoms. The SMILES string of the molecule is Cc1cccc(N2CCN(C(=O)COC(=O)c3ccc(CO)cc3)CC2)c1C. The van der Waals surface area contributed by atoms with Gasteiger partial charge in [0.15, 0.2) is 6.61 Å². The Hall–Kier alpha value is -2.86. The van der Waals surface area contributed by atoms with Gasteiger partial charge in [0.1, 0.15) is 0 Å². The largest absolute Gasteiger partial charge is 0.452 e. The van der Waals surface area contributed by atoms with Crippen molar-refractivity contribution in [3.05, 3.63) is 64.7 Å². The van der Waals surface area contributed by atoms with Crippen LogP contribution in [0.25, 0.3) is 0 Å². The second-order valence-corrected chi connectivity index (χ2v) is 7.02. The van der Waals surface area contributed by atoms with Crippen LogP contribution in [-0.4, -0.2) is 54.7 Å². The highest BCUT2D eigenvalue weighted by molar-refractivity contribution is 5.91. The van der Waals surface area contributed by atoms with E-state index in [1.807, 2.05) is 0 Å². The number of hydrogen-bond donors (Lipinski definition) is 1. The summed E-state index contributed by atoms with van der Waals surface area (Å²) in [6.45, 7) is 6.61. The summed E-state index contributed by atoms with van der Waals surface area (Å²) in [5.41, 5.74) is 4.82. The molecule has 1 aliphatic rings. The molecule has 1 aliphatic heterocycles. The number of aliphatic hydroxyl groups excluding tert-OH is 1. The van der Waals surface area contributed by atoms with E-state index in [0.717, 1.165) is 13.1 Å². The zero-order valence-corrected chi connectivity index (χ0v) is 16.4. The molecule has 0 atom stereocenters. The zero-order chi connectivity index (χ0) is 20.1. The summed E-state index contributed by atoms with van der Waals surface area (Å²) in [6.07, 6.45) is 0. The van der Waals surface area contributed by atoms with Crippen molar-refractivity contribution < 1.29 is 19.4 Å². The van der Waals surface area contributed by atoms with Crippen molar-refractivity contribution in [3.8, 4) is 0 Å².